The van der Waals surface area contributed by atoms with Crippen molar-refractivity contribution in [2.75, 3.05) is 39.3 Å². The van der Waals surface area contributed by atoms with Gasteiger partial charge in [-0.2, -0.15) is 0 Å². The lowest BCUT2D eigenvalue weighted by Crippen LogP contribution is -2.67. The van der Waals surface area contributed by atoms with E-state index < -0.39 is 48.2 Å². The monoisotopic (exact) mass is 755 g/mol. The Hall–Kier alpha value is -1.71. The van der Waals surface area contributed by atoms with E-state index in [9.17, 15) is 28.8 Å². The van der Waals surface area contributed by atoms with Crippen LogP contribution in [0, 0.1) is 44.3 Å². The molecule has 280 valence electrons. The van der Waals surface area contributed by atoms with Crippen molar-refractivity contribution in [2.24, 2.45) is 44.3 Å². The molecule has 0 atom stereocenters. The van der Waals surface area contributed by atoms with Crippen LogP contribution in [0.4, 0.5) is 0 Å². The predicted molar refractivity (Wildman–Crippen MR) is 193 cm³/mol. The summed E-state index contributed by atoms with van der Waals surface area (Å²) in [6, 6.07) is 0. The van der Waals surface area contributed by atoms with Crippen molar-refractivity contribution in [1.82, 2.24) is 14.7 Å². The molecule has 0 saturated heterocycles. The van der Waals surface area contributed by atoms with Gasteiger partial charge in [0.1, 0.15) is 0 Å². The summed E-state index contributed by atoms with van der Waals surface area (Å²) in [5.74, 6) is 0.930. The fourth-order valence-corrected chi connectivity index (χ4v) is 13.4. The quantitative estimate of drug-likeness (QED) is 0.203. The summed E-state index contributed by atoms with van der Waals surface area (Å²) < 4.78 is 0. The average molecular weight is 757 g/mol. The molecule has 3 amide bonds. The highest BCUT2D eigenvalue weighted by Gasteiger charge is 2.71. The minimum Gasteiger partial charge on any atom is -0.343 e. The second-order valence-electron chi connectivity index (χ2n) is 17.0. The maximum atomic E-state index is 13.9. The van der Waals surface area contributed by atoms with Gasteiger partial charge in [-0.15, -0.1) is 0 Å². The van der Waals surface area contributed by atoms with E-state index in [-0.39, 0.29) is 29.6 Å². The third-order valence-corrected chi connectivity index (χ3v) is 15.1. The van der Waals surface area contributed by atoms with Crippen LogP contribution in [0.15, 0.2) is 0 Å². The lowest BCUT2D eigenvalue weighted by Gasteiger charge is -2.65. The molecule has 8 rings (SSSR count). The number of carbonyl (C=O) groups excluding carboxylic acids is 6. The van der Waals surface area contributed by atoms with Gasteiger partial charge in [-0.05, 0) is 165 Å². The van der Waals surface area contributed by atoms with E-state index in [4.69, 9.17) is 34.8 Å². The highest BCUT2D eigenvalue weighted by Crippen LogP contribution is 2.72. The Bertz CT molecular complexity index is 1240. The van der Waals surface area contributed by atoms with Crippen LogP contribution in [-0.2, 0) is 28.8 Å². The van der Waals surface area contributed by atoms with Crippen molar-refractivity contribution >= 4 is 68.3 Å². The fourth-order valence-electron chi connectivity index (χ4n) is 12.8. The zero-order chi connectivity index (χ0) is 37.1. The first-order valence-electron chi connectivity index (χ1n) is 18.9. The molecule has 0 aromatic rings. The number of carbonyl (C=O) groups is 6. The van der Waals surface area contributed by atoms with Crippen LogP contribution in [0.1, 0.15) is 119 Å². The molecule has 8 aliphatic carbocycles. The lowest BCUT2D eigenvalue weighted by atomic mass is 9.38. The van der Waals surface area contributed by atoms with E-state index in [0.717, 1.165) is 19.3 Å². The topological polar surface area (TPSA) is 112 Å². The third kappa shape index (κ3) is 6.15. The fraction of sp³-hybridized carbons (Fsp3) is 0.842. The molecule has 0 aromatic heterocycles. The minimum atomic E-state index is -0.796. The largest absolute Gasteiger partial charge is 0.343 e. The Balaban J connectivity index is 0.000000217. The van der Waals surface area contributed by atoms with E-state index in [0.29, 0.717) is 97.1 Å². The first-order chi connectivity index (χ1) is 23.4. The van der Waals surface area contributed by atoms with Crippen LogP contribution >= 0.6 is 34.8 Å². The second-order valence-corrected chi connectivity index (χ2v) is 18.0. The molecule has 9 nitrogen and oxygen atoms in total. The zero-order valence-electron chi connectivity index (χ0n) is 30.8. The van der Waals surface area contributed by atoms with E-state index in [1.807, 2.05) is 56.2 Å². The van der Waals surface area contributed by atoms with Crippen molar-refractivity contribution in [3.8, 4) is 0 Å². The summed E-state index contributed by atoms with van der Waals surface area (Å²) in [4.78, 5) is 83.1. The molecule has 8 fully saturated rings. The van der Waals surface area contributed by atoms with Gasteiger partial charge in [-0.1, -0.05) is 0 Å². The molecule has 0 N–H and O–H groups in total. The highest BCUT2D eigenvalue weighted by atomic mass is 35.5. The van der Waals surface area contributed by atoms with Crippen LogP contribution in [0.5, 0.6) is 0 Å². The van der Waals surface area contributed by atoms with Gasteiger partial charge in [0.25, 0.3) is 0 Å². The van der Waals surface area contributed by atoms with Crippen molar-refractivity contribution < 1.29 is 28.8 Å². The smallest absolute Gasteiger partial charge is 0.228 e. The van der Waals surface area contributed by atoms with Crippen LogP contribution < -0.4 is 0 Å². The molecule has 8 bridgehead atoms. The first kappa shape index (κ1) is 39.5. The SMILES string of the molecule is CCN(CC)C(=O)C12CC3CC(C(=O)N(CC)CC)(C1)CC(C(=O)N(CC)CC)(C3)C2.O=C(Cl)C12CC3CC(C(=O)Cl)(C1)CC(C(=O)Cl)(C3)C2. The number of nitrogens with zero attached hydrogens (tertiary/aromatic N) is 3. The lowest BCUT2D eigenvalue weighted by molar-refractivity contribution is -0.200. The Kier molecular flexibility index (Phi) is 11.0. The van der Waals surface area contributed by atoms with Gasteiger partial charge in [0.05, 0.1) is 16.2 Å². The molecule has 0 spiro atoms. The van der Waals surface area contributed by atoms with Gasteiger partial charge < -0.3 is 14.7 Å². The Morgan fingerprint density at radius 2 is 0.580 bits per heavy atom. The predicted octanol–water partition coefficient (Wildman–Crippen LogP) is 6.79. The maximum absolute atomic E-state index is 13.9. The van der Waals surface area contributed by atoms with Gasteiger partial charge in [0.2, 0.25) is 33.4 Å². The number of hydrogen-bond donors (Lipinski definition) is 0. The van der Waals surface area contributed by atoms with Crippen molar-refractivity contribution in [1.29, 1.82) is 0 Å². The summed E-state index contributed by atoms with van der Waals surface area (Å²) in [5.41, 5.74) is -4.10. The summed E-state index contributed by atoms with van der Waals surface area (Å²) in [6.45, 7) is 16.2. The van der Waals surface area contributed by atoms with Crippen LogP contribution in [-0.4, -0.2) is 87.4 Å². The summed E-state index contributed by atoms with van der Waals surface area (Å²) in [5, 5.41) is -1.37. The number of halogens is 3. The van der Waals surface area contributed by atoms with E-state index >= 15 is 0 Å². The molecule has 8 aliphatic rings. The van der Waals surface area contributed by atoms with E-state index in [1.54, 1.807) is 0 Å². The average Bonchev–Trinajstić information content (AvgIpc) is 3.05. The molecule has 0 aliphatic heterocycles. The van der Waals surface area contributed by atoms with E-state index in [2.05, 4.69) is 0 Å². The number of hydrogen-bond acceptors (Lipinski definition) is 6. The van der Waals surface area contributed by atoms with E-state index in [1.165, 1.54) is 0 Å². The summed E-state index contributed by atoms with van der Waals surface area (Å²) in [7, 11) is 0. The summed E-state index contributed by atoms with van der Waals surface area (Å²) >= 11 is 17.4. The molecular formula is C38H56Cl3N3O6. The van der Waals surface area contributed by atoms with Gasteiger partial charge in [-0.3, -0.25) is 28.8 Å². The highest BCUT2D eigenvalue weighted by molar-refractivity contribution is 6.67. The summed E-state index contributed by atoms with van der Waals surface area (Å²) in [6.07, 6.45) is 7.41. The molecule has 0 unspecified atom stereocenters. The van der Waals surface area contributed by atoms with Gasteiger partial charge >= 0.3 is 0 Å². The molecule has 0 heterocycles. The number of rotatable bonds is 12. The third-order valence-electron chi connectivity index (χ3n) is 13.9. The Labute approximate surface area is 312 Å². The molecular weight excluding hydrogens is 701 g/mol. The normalized spacial score (nSPS) is 38.6. The van der Waals surface area contributed by atoms with Crippen molar-refractivity contribution in [2.45, 2.75) is 119 Å². The second kappa shape index (κ2) is 13.9. The van der Waals surface area contributed by atoms with Crippen LogP contribution in [0.2, 0.25) is 0 Å². The number of amides is 3. The van der Waals surface area contributed by atoms with Crippen LogP contribution in [0.25, 0.3) is 0 Å². The molecule has 12 heteroatoms. The first-order valence-corrected chi connectivity index (χ1v) is 20.0. The van der Waals surface area contributed by atoms with Crippen molar-refractivity contribution in [3.63, 3.8) is 0 Å². The van der Waals surface area contributed by atoms with Crippen molar-refractivity contribution in [3.05, 3.63) is 0 Å². The Morgan fingerprint density at radius 3 is 0.760 bits per heavy atom. The molecule has 8 saturated carbocycles. The standard InChI is InChI=1S/C25H43N3O3.C13H13Cl3O3/c1-7-26(8-2)20(29)23-13-19-14-24(16-23,21(30)27(9-3)10-4)18-25(15-19,17-23)22(31)28(11-5)12-6;14-8(17)11-1-7-2-12(4-11,9(15)18)6-13(3-7,5-11)10(16)19/h19H,7-18H2,1-6H3;7H,1-6H2. The minimum absolute atomic E-state index is 0.129. The maximum Gasteiger partial charge on any atom is 0.228 e. The van der Waals surface area contributed by atoms with Gasteiger partial charge in [0.15, 0.2) is 0 Å². The van der Waals surface area contributed by atoms with Gasteiger partial charge in [0, 0.05) is 55.5 Å². The van der Waals surface area contributed by atoms with Gasteiger partial charge in [-0.25, -0.2) is 0 Å². The Morgan fingerprint density at radius 1 is 0.400 bits per heavy atom. The zero-order valence-corrected chi connectivity index (χ0v) is 33.1. The molecule has 0 aromatic carbocycles. The van der Waals surface area contributed by atoms with Crippen LogP contribution in [0.3, 0.4) is 0 Å². The molecule has 50 heavy (non-hydrogen) atoms. The molecule has 0 radical (unpaired) electrons.